The van der Waals surface area contributed by atoms with Gasteiger partial charge in [0.15, 0.2) is 0 Å². The van der Waals surface area contributed by atoms with Crippen LogP contribution in [0.4, 0.5) is 17.1 Å². The zero-order chi connectivity index (χ0) is 19.1. The highest BCUT2D eigenvalue weighted by Gasteiger charge is 2.07. The summed E-state index contributed by atoms with van der Waals surface area (Å²) in [7, 11) is 0. The van der Waals surface area contributed by atoms with Crippen molar-refractivity contribution in [3.63, 3.8) is 0 Å². The molecule has 7 heteroatoms. The second-order valence-corrected chi connectivity index (χ2v) is 5.54. The van der Waals surface area contributed by atoms with E-state index in [0.29, 0.717) is 28.2 Å². The number of hydrogen-bond acceptors (Lipinski definition) is 6. The Morgan fingerprint density at radius 1 is 0.852 bits per heavy atom. The van der Waals surface area contributed by atoms with Gasteiger partial charge in [0.1, 0.15) is 0 Å². The number of carbonyl (C=O) groups excluding carboxylic acids is 2. The predicted octanol–water partition coefficient (Wildman–Crippen LogP) is 4.38. The molecule has 0 aliphatic heterocycles. The summed E-state index contributed by atoms with van der Waals surface area (Å²) in [6.07, 6.45) is 0. The molecule has 0 spiro atoms. The van der Waals surface area contributed by atoms with E-state index in [9.17, 15) is 9.59 Å². The van der Waals surface area contributed by atoms with Crippen LogP contribution in [-0.2, 0) is 4.84 Å². The topological polar surface area (TPSA) is 106 Å². The monoisotopic (exact) mass is 360 g/mol. The van der Waals surface area contributed by atoms with Crippen LogP contribution < -0.4 is 11.2 Å². The van der Waals surface area contributed by atoms with Crippen molar-refractivity contribution >= 4 is 28.9 Å². The van der Waals surface area contributed by atoms with Gasteiger partial charge in [0.05, 0.1) is 16.9 Å². The fourth-order valence-corrected chi connectivity index (χ4v) is 2.17. The first-order valence-electron chi connectivity index (χ1n) is 8.06. The van der Waals surface area contributed by atoms with E-state index in [1.165, 1.54) is 6.07 Å². The number of nitrogen functional groups attached to an aromatic ring is 1. The fraction of sp³-hybridized carbons (Fsp3) is 0. The van der Waals surface area contributed by atoms with E-state index in [-0.39, 0.29) is 0 Å². The lowest BCUT2D eigenvalue weighted by molar-refractivity contribution is 0.0596. The Labute approximate surface area is 155 Å². The number of amides is 1. The zero-order valence-corrected chi connectivity index (χ0v) is 14.2. The number of anilines is 2. The summed E-state index contributed by atoms with van der Waals surface area (Å²) in [5.41, 5.74) is 10.5. The van der Waals surface area contributed by atoms with E-state index in [4.69, 9.17) is 10.6 Å². The molecule has 3 aromatic carbocycles. The molecule has 0 radical (unpaired) electrons. The van der Waals surface area contributed by atoms with Crippen LogP contribution in [0.1, 0.15) is 20.7 Å². The van der Waals surface area contributed by atoms with E-state index in [0.717, 1.165) is 0 Å². The molecule has 0 atom stereocenters. The highest BCUT2D eigenvalue weighted by atomic mass is 16.7. The molecule has 0 bridgehead atoms. The first-order valence-corrected chi connectivity index (χ1v) is 8.06. The van der Waals surface area contributed by atoms with Gasteiger partial charge in [0, 0.05) is 11.3 Å². The molecule has 3 N–H and O–H groups in total. The van der Waals surface area contributed by atoms with Gasteiger partial charge in [0.2, 0.25) is 0 Å². The normalized spacial score (nSPS) is 10.5. The molecule has 27 heavy (non-hydrogen) atoms. The van der Waals surface area contributed by atoms with Gasteiger partial charge in [-0.3, -0.25) is 4.79 Å². The lowest BCUT2D eigenvalue weighted by Crippen LogP contribution is -2.10. The van der Waals surface area contributed by atoms with E-state index < -0.39 is 11.9 Å². The van der Waals surface area contributed by atoms with Crippen LogP contribution in [0.3, 0.4) is 0 Å². The van der Waals surface area contributed by atoms with Gasteiger partial charge in [-0.2, -0.15) is 0 Å². The molecular formula is C20H16N4O3. The van der Waals surface area contributed by atoms with Crippen molar-refractivity contribution in [3.8, 4) is 0 Å². The highest BCUT2D eigenvalue weighted by Crippen LogP contribution is 2.18. The maximum Gasteiger partial charge on any atom is 0.362 e. The molecule has 0 heterocycles. The molecule has 0 aliphatic rings. The summed E-state index contributed by atoms with van der Waals surface area (Å²) in [5, 5.41) is 7.57. The Balaban J connectivity index is 1.57. The number of azo groups is 1. The smallest absolute Gasteiger partial charge is 0.362 e. The minimum absolute atomic E-state index is 0.366. The van der Waals surface area contributed by atoms with Gasteiger partial charge in [-0.15, -0.1) is 10.2 Å². The van der Waals surface area contributed by atoms with Crippen molar-refractivity contribution in [3.05, 3.63) is 90.0 Å². The van der Waals surface area contributed by atoms with Crippen LogP contribution in [0.5, 0.6) is 0 Å². The van der Waals surface area contributed by atoms with Gasteiger partial charge in [-0.1, -0.05) is 24.3 Å². The van der Waals surface area contributed by atoms with E-state index in [2.05, 4.69) is 15.7 Å². The Morgan fingerprint density at radius 2 is 1.56 bits per heavy atom. The predicted molar refractivity (Wildman–Crippen MR) is 102 cm³/mol. The average Bonchev–Trinajstić information content (AvgIpc) is 2.71. The number of hydrogen-bond donors (Lipinski definition) is 2. The fourth-order valence-electron chi connectivity index (χ4n) is 2.17. The van der Waals surface area contributed by atoms with Crippen LogP contribution in [0.25, 0.3) is 0 Å². The molecule has 3 rings (SSSR count). The van der Waals surface area contributed by atoms with Crippen LogP contribution in [0, 0.1) is 0 Å². The van der Waals surface area contributed by atoms with Crippen molar-refractivity contribution in [2.75, 3.05) is 11.2 Å². The molecule has 3 aromatic rings. The first kappa shape index (κ1) is 17.8. The molecule has 0 aromatic heterocycles. The summed E-state index contributed by atoms with van der Waals surface area (Å²) >= 11 is 0. The van der Waals surface area contributed by atoms with Crippen molar-refractivity contribution < 1.29 is 14.4 Å². The lowest BCUT2D eigenvalue weighted by Gasteiger charge is -2.06. The number of carbonyl (C=O) groups is 2. The van der Waals surface area contributed by atoms with Gasteiger partial charge in [-0.05, 0) is 54.6 Å². The van der Waals surface area contributed by atoms with Crippen molar-refractivity contribution in [2.45, 2.75) is 0 Å². The molecule has 0 aliphatic carbocycles. The second-order valence-electron chi connectivity index (χ2n) is 5.54. The number of rotatable bonds is 5. The third-order valence-corrected chi connectivity index (χ3v) is 3.53. The zero-order valence-electron chi connectivity index (χ0n) is 14.2. The molecular weight excluding hydrogens is 344 g/mol. The summed E-state index contributed by atoms with van der Waals surface area (Å²) in [5.74, 6) is -0.978. The van der Waals surface area contributed by atoms with Crippen molar-refractivity contribution in [1.29, 1.82) is 0 Å². The van der Waals surface area contributed by atoms with Gasteiger partial charge in [0.25, 0.3) is 5.91 Å². The second kappa shape index (κ2) is 8.39. The first-order chi connectivity index (χ1) is 13.1. The SMILES string of the molecule is Nc1cccc(C(=O)N=Nc2ccc(NOC(=O)c3ccccc3)cc2)c1. The number of nitrogens with two attached hydrogens (primary N) is 1. The minimum Gasteiger partial charge on any atom is -0.399 e. The molecule has 7 nitrogen and oxygen atoms in total. The summed E-state index contributed by atoms with van der Waals surface area (Å²) in [6.45, 7) is 0. The maximum atomic E-state index is 12.0. The quantitative estimate of drug-likeness (QED) is 0.399. The van der Waals surface area contributed by atoms with E-state index in [1.807, 2.05) is 6.07 Å². The molecule has 1 amide bonds. The van der Waals surface area contributed by atoms with E-state index >= 15 is 0 Å². The van der Waals surface area contributed by atoms with Crippen LogP contribution >= 0.6 is 0 Å². The Morgan fingerprint density at radius 3 is 2.26 bits per heavy atom. The highest BCUT2D eigenvalue weighted by molar-refractivity contribution is 5.95. The molecule has 0 saturated heterocycles. The summed E-state index contributed by atoms with van der Waals surface area (Å²) in [4.78, 5) is 28.8. The summed E-state index contributed by atoms with van der Waals surface area (Å²) < 4.78 is 0. The maximum absolute atomic E-state index is 12.0. The van der Waals surface area contributed by atoms with Crippen LogP contribution in [-0.4, -0.2) is 11.9 Å². The summed E-state index contributed by atoms with van der Waals surface area (Å²) in [6, 6.07) is 21.7. The van der Waals surface area contributed by atoms with Crippen molar-refractivity contribution in [2.24, 2.45) is 10.2 Å². The Bertz CT molecular complexity index is 970. The van der Waals surface area contributed by atoms with Gasteiger partial charge in [-0.25, -0.2) is 10.3 Å². The number of nitrogens with zero attached hydrogens (tertiary/aromatic N) is 2. The Hall–Kier alpha value is -4.00. The largest absolute Gasteiger partial charge is 0.399 e. The van der Waals surface area contributed by atoms with E-state index in [1.54, 1.807) is 66.7 Å². The van der Waals surface area contributed by atoms with Crippen molar-refractivity contribution in [1.82, 2.24) is 0 Å². The molecule has 0 fully saturated rings. The standard InChI is InChI=1S/C20H16N4O3/c21-16-8-4-7-15(13-16)19(25)23-22-17-9-11-18(12-10-17)24-27-20(26)14-5-2-1-3-6-14/h1-13,24H,21H2. The molecule has 0 saturated carbocycles. The lowest BCUT2D eigenvalue weighted by atomic mass is 10.2. The molecule has 134 valence electrons. The van der Waals surface area contributed by atoms with Crippen LogP contribution in [0.2, 0.25) is 0 Å². The van der Waals surface area contributed by atoms with Gasteiger partial charge < -0.3 is 10.6 Å². The number of nitrogens with one attached hydrogen (secondary N) is 1. The van der Waals surface area contributed by atoms with Crippen LogP contribution in [0.15, 0.2) is 89.1 Å². The third kappa shape index (κ3) is 4.99. The third-order valence-electron chi connectivity index (χ3n) is 3.53. The van der Waals surface area contributed by atoms with Gasteiger partial charge >= 0.3 is 5.97 Å². The molecule has 0 unspecified atom stereocenters. The minimum atomic E-state index is -0.493. The average molecular weight is 360 g/mol. The Kier molecular flexibility index (Phi) is 5.54. The number of benzene rings is 3.